The van der Waals surface area contributed by atoms with Crippen LogP contribution >= 0.6 is 22.9 Å². The Bertz CT molecular complexity index is 1080. The number of thiophene rings is 1. The first-order valence-corrected chi connectivity index (χ1v) is 11.0. The van der Waals surface area contributed by atoms with Gasteiger partial charge in [0.05, 0.1) is 4.34 Å². The fraction of sp³-hybridized carbons (Fsp3) is 0.105. The highest BCUT2D eigenvalue weighted by Crippen LogP contribution is 2.25. The van der Waals surface area contributed by atoms with E-state index in [-0.39, 0.29) is 4.21 Å². The fourth-order valence-electron chi connectivity index (χ4n) is 2.50. The van der Waals surface area contributed by atoms with Gasteiger partial charge in [-0.05, 0) is 48.4 Å². The highest BCUT2D eigenvalue weighted by atomic mass is 35.5. The van der Waals surface area contributed by atoms with Crippen LogP contribution in [0.5, 0.6) is 0 Å². The third-order valence-corrected chi connectivity index (χ3v) is 6.90. The number of benzene rings is 2. The smallest absolute Gasteiger partial charge is 0.333 e. The number of anilines is 2. The molecule has 1 heterocycles. The Hall–Kier alpha value is -2.55. The Kier molecular flexibility index (Phi) is 6.23. The molecule has 6 nitrogen and oxygen atoms in total. The van der Waals surface area contributed by atoms with Gasteiger partial charge in [0.25, 0.3) is 10.0 Å². The Labute approximate surface area is 172 Å². The Morgan fingerprint density at radius 1 is 1.07 bits per heavy atom. The van der Waals surface area contributed by atoms with Crippen LogP contribution in [0.4, 0.5) is 16.2 Å². The molecule has 3 N–H and O–H groups in total. The maximum atomic E-state index is 12.2. The molecule has 28 heavy (non-hydrogen) atoms. The number of carbonyl (C=O) groups is 1. The number of amides is 2. The van der Waals surface area contributed by atoms with Crippen LogP contribution in [0.2, 0.25) is 4.34 Å². The first kappa shape index (κ1) is 20.2. The van der Waals surface area contributed by atoms with Gasteiger partial charge in [0.15, 0.2) is 0 Å². The molecule has 0 fully saturated rings. The summed E-state index contributed by atoms with van der Waals surface area (Å²) in [4.78, 5) is 12.1. The van der Waals surface area contributed by atoms with Crippen molar-refractivity contribution < 1.29 is 13.2 Å². The number of hydrogen-bond acceptors (Lipinski definition) is 5. The zero-order chi connectivity index (χ0) is 20.1. The zero-order valence-corrected chi connectivity index (χ0v) is 17.3. The minimum Gasteiger partial charge on any atom is -0.381 e. The normalized spacial score (nSPS) is 11.1. The summed E-state index contributed by atoms with van der Waals surface area (Å²) in [6.45, 7) is 2.58. The molecule has 0 aliphatic rings. The van der Waals surface area contributed by atoms with Gasteiger partial charge in [-0.3, -0.25) is 0 Å². The second-order valence-corrected chi connectivity index (χ2v) is 9.61. The molecule has 146 valence electrons. The van der Waals surface area contributed by atoms with Crippen molar-refractivity contribution in [1.82, 2.24) is 4.72 Å². The Balaban J connectivity index is 1.61. The van der Waals surface area contributed by atoms with Crippen LogP contribution in [-0.2, 0) is 16.6 Å². The van der Waals surface area contributed by atoms with Gasteiger partial charge in [0, 0.05) is 17.9 Å². The van der Waals surface area contributed by atoms with Crippen LogP contribution in [0, 0.1) is 6.92 Å². The van der Waals surface area contributed by atoms with Crippen molar-refractivity contribution in [2.24, 2.45) is 0 Å². The van der Waals surface area contributed by atoms with Crippen molar-refractivity contribution in [2.45, 2.75) is 17.7 Å². The second-order valence-electron chi connectivity index (χ2n) is 5.99. The number of nitrogens with one attached hydrogen (secondary N) is 3. The van der Waals surface area contributed by atoms with Crippen LogP contribution < -0.4 is 15.4 Å². The molecule has 2 aromatic carbocycles. The van der Waals surface area contributed by atoms with Crippen LogP contribution in [0.1, 0.15) is 11.1 Å². The van der Waals surface area contributed by atoms with E-state index in [1.807, 2.05) is 48.0 Å². The monoisotopic (exact) mass is 435 g/mol. The summed E-state index contributed by atoms with van der Waals surface area (Å²) in [7, 11) is -3.96. The standard InChI is InChI=1S/C19H18ClN3O3S2/c1-13-11-15(7-8-16(13)21-12-14-5-3-2-4-6-14)22-19(24)23-28(25,26)18-10-9-17(20)27-18/h2-11,21H,12H2,1H3,(H2,22,23,24). The van der Waals surface area contributed by atoms with E-state index in [0.717, 1.165) is 28.2 Å². The van der Waals surface area contributed by atoms with Crippen molar-refractivity contribution in [3.8, 4) is 0 Å². The lowest BCUT2D eigenvalue weighted by atomic mass is 10.1. The van der Waals surface area contributed by atoms with Crippen LogP contribution in [0.25, 0.3) is 0 Å². The minimum atomic E-state index is -3.96. The molecule has 0 aliphatic heterocycles. The molecule has 0 spiro atoms. The summed E-state index contributed by atoms with van der Waals surface area (Å²) < 4.78 is 26.6. The number of hydrogen-bond donors (Lipinski definition) is 3. The molecule has 0 unspecified atom stereocenters. The van der Waals surface area contributed by atoms with Gasteiger partial charge in [0.1, 0.15) is 4.21 Å². The van der Waals surface area contributed by atoms with E-state index in [1.54, 1.807) is 12.1 Å². The molecule has 2 amide bonds. The highest BCUT2D eigenvalue weighted by Gasteiger charge is 2.19. The molecule has 0 radical (unpaired) electrons. The van der Waals surface area contributed by atoms with Gasteiger partial charge < -0.3 is 10.6 Å². The largest absolute Gasteiger partial charge is 0.381 e. The van der Waals surface area contributed by atoms with Crippen LogP contribution in [-0.4, -0.2) is 14.4 Å². The summed E-state index contributed by atoms with van der Waals surface area (Å²) in [6, 6.07) is 17.3. The summed E-state index contributed by atoms with van der Waals surface area (Å²) in [5.74, 6) is 0. The van der Waals surface area contributed by atoms with Crippen molar-refractivity contribution >= 4 is 50.4 Å². The molecular formula is C19H18ClN3O3S2. The van der Waals surface area contributed by atoms with E-state index in [4.69, 9.17) is 11.6 Å². The van der Waals surface area contributed by atoms with E-state index in [1.165, 1.54) is 12.1 Å². The van der Waals surface area contributed by atoms with E-state index >= 15 is 0 Å². The first-order valence-electron chi connectivity index (χ1n) is 8.31. The average Bonchev–Trinajstić information content (AvgIpc) is 3.09. The highest BCUT2D eigenvalue weighted by molar-refractivity contribution is 7.92. The number of urea groups is 1. The zero-order valence-electron chi connectivity index (χ0n) is 14.9. The summed E-state index contributed by atoms with van der Waals surface area (Å²) in [5, 5.41) is 5.87. The third-order valence-electron chi connectivity index (χ3n) is 3.85. The fourth-order valence-corrected chi connectivity index (χ4v) is 4.89. The predicted molar refractivity (Wildman–Crippen MR) is 114 cm³/mol. The molecular weight excluding hydrogens is 418 g/mol. The molecule has 3 aromatic rings. The second kappa shape index (κ2) is 8.64. The van der Waals surface area contributed by atoms with E-state index in [0.29, 0.717) is 16.6 Å². The molecule has 0 saturated heterocycles. The van der Waals surface area contributed by atoms with Crippen LogP contribution in [0.3, 0.4) is 0 Å². The molecule has 9 heteroatoms. The number of aryl methyl sites for hydroxylation is 1. The quantitative estimate of drug-likeness (QED) is 0.517. The number of carbonyl (C=O) groups excluding carboxylic acids is 1. The molecule has 0 atom stereocenters. The molecule has 3 rings (SSSR count). The van der Waals surface area contributed by atoms with Gasteiger partial charge >= 0.3 is 6.03 Å². The van der Waals surface area contributed by atoms with E-state index < -0.39 is 16.1 Å². The number of rotatable bonds is 6. The third kappa shape index (κ3) is 5.25. The molecule has 0 aliphatic carbocycles. The van der Waals surface area contributed by atoms with Crippen molar-refractivity contribution in [1.29, 1.82) is 0 Å². The van der Waals surface area contributed by atoms with E-state index in [9.17, 15) is 13.2 Å². The van der Waals surface area contributed by atoms with Gasteiger partial charge in [-0.25, -0.2) is 17.9 Å². The maximum absolute atomic E-state index is 12.2. The van der Waals surface area contributed by atoms with Crippen molar-refractivity contribution in [3.05, 3.63) is 76.1 Å². The average molecular weight is 436 g/mol. The van der Waals surface area contributed by atoms with Crippen LogP contribution in [0.15, 0.2) is 64.9 Å². The number of sulfonamides is 1. The topological polar surface area (TPSA) is 87.3 Å². The molecule has 1 aromatic heterocycles. The van der Waals surface area contributed by atoms with Gasteiger partial charge in [-0.15, -0.1) is 11.3 Å². The molecule has 0 saturated carbocycles. The van der Waals surface area contributed by atoms with E-state index in [2.05, 4.69) is 10.6 Å². The first-order chi connectivity index (χ1) is 13.3. The lowest BCUT2D eigenvalue weighted by Crippen LogP contribution is -2.33. The maximum Gasteiger partial charge on any atom is 0.333 e. The van der Waals surface area contributed by atoms with Crippen molar-refractivity contribution in [2.75, 3.05) is 10.6 Å². The Morgan fingerprint density at radius 2 is 1.82 bits per heavy atom. The minimum absolute atomic E-state index is 0.0238. The van der Waals surface area contributed by atoms with Crippen molar-refractivity contribution in [3.63, 3.8) is 0 Å². The summed E-state index contributed by atoms with van der Waals surface area (Å²) in [5.41, 5.74) is 3.49. The lowest BCUT2D eigenvalue weighted by Gasteiger charge is -2.12. The lowest BCUT2D eigenvalue weighted by molar-refractivity contribution is 0.256. The van der Waals surface area contributed by atoms with Gasteiger partial charge in [-0.2, -0.15) is 0 Å². The van der Waals surface area contributed by atoms with Gasteiger partial charge in [0.2, 0.25) is 0 Å². The summed E-state index contributed by atoms with van der Waals surface area (Å²) >= 11 is 6.63. The predicted octanol–water partition coefficient (Wildman–Crippen LogP) is 4.83. The Morgan fingerprint density at radius 3 is 2.46 bits per heavy atom. The SMILES string of the molecule is Cc1cc(NC(=O)NS(=O)(=O)c2ccc(Cl)s2)ccc1NCc1ccccc1. The number of halogens is 1. The summed E-state index contributed by atoms with van der Waals surface area (Å²) in [6.07, 6.45) is 0. The van der Waals surface area contributed by atoms with Gasteiger partial charge in [-0.1, -0.05) is 41.9 Å². The molecule has 0 bridgehead atoms.